The average molecular weight is 487 g/mol. The number of carbonyl (C=O) groups excluding carboxylic acids is 2. The van der Waals surface area contributed by atoms with E-state index in [9.17, 15) is 29.8 Å². The summed E-state index contributed by atoms with van der Waals surface area (Å²) < 4.78 is 0. The molecule has 0 heterocycles. The van der Waals surface area contributed by atoms with Gasteiger partial charge in [-0.2, -0.15) is 0 Å². The number of carbonyl (C=O) groups is 2. The molecule has 0 spiro atoms. The van der Waals surface area contributed by atoms with Crippen LogP contribution in [-0.4, -0.2) is 27.3 Å². The fourth-order valence-electron chi connectivity index (χ4n) is 4.20. The zero-order valence-electron chi connectivity index (χ0n) is 19.0. The molecular formula is C26H21N3O7. The lowest BCUT2D eigenvalue weighted by Gasteiger charge is -2.12. The van der Waals surface area contributed by atoms with Crippen molar-refractivity contribution in [2.75, 3.05) is 0 Å². The highest BCUT2D eigenvalue weighted by molar-refractivity contribution is 6.46. The molecule has 10 nitrogen and oxygen atoms in total. The van der Waals surface area contributed by atoms with E-state index in [1.165, 1.54) is 36.4 Å². The standard InChI is InChI=1S/C26H21N3O7/c30-25(24(18-6-4-5-7-18)27-36-26(31)20-8-2-1-3-9-20)19-12-10-17(11-13-19)22-15-14-21(28(32)33)16-23(22)29(34)35/h1-3,8-16,18H,4-7H2/b27-24-. The van der Waals surface area contributed by atoms with Crippen molar-refractivity contribution >= 4 is 28.8 Å². The van der Waals surface area contributed by atoms with E-state index in [1.807, 2.05) is 0 Å². The van der Waals surface area contributed by atoms with Crippen molar-refractivity contribution in [2.45, 2.75) is 25.7 Å². The minimum absolute atomic E-state index is 0.142. The Morgan fingerprint density at radius 3 is 2.11 bits per heavy atom. The van der Waals surface area contributed by atoms with Gasteiger partial charge in [-0.1, -0.05) is 60.5 Å². The molecule has 1 fully saturated rings. The van der Waals surface area contributed by atoms with Gasteiger partial charge in [0.2, 0.25) is 5.78 Å². The molecule has 1 saturated carbocycles. The number of rotatable bonds is 8. The molecule has 0 radical (unpaired) electrons. The molecule has 0 aromatic heterocycles. The van der Waals surface area contributed by atoms with Gasteiger partial charge < -0.3 is 4.84 Å². The third kappa shape index (κ3) is 5.33. The molecule has 0 atom stereocenters. The summed E-state index contributed by atoms with van der Waals surface area (Å²) in [4.78, 5) is 51.9. The summed E-state index contributed by atoms with van der Waals surface area (Å²) in [6.07, 6.45) is 3.37. The second-order valence-electron chi connectivity index (χ2n) is 8.32. The number of benzene rings is 3. The van der Waals surface area contributed by atoms with Crippen LogP contribution in [0.2, 0.25) is 0 Å². The Bertz CT molecular complexity index is 1350. The molecule has 0 N–H and O–H groups in total. The van der Waals surface area contributed by atoms with Crippen molar-refractivity contribution < 1.29 is 24.3 Å². The summed E-state index contributed by atoms with van der Waals surface area (Å²) in [5.74, 6) is -1.20. The number of oxime groups is 1. The van der Waals surface area contributed by atoms with Crippen LogP contribution in [0.15, 0.2) is 78.0 Å². The Morgan fingerprint density at radius 2 is 1.50 bits per heavy atom. The lowest BCUT2D eigenvalue weighted by Crippen LogP contribution is -2.23. The first-order valence-electron chi connectivity index (χ1n) is 11.3. The van der Waals surface area contributed by atoms with Gasteiger partial charge in [0.25, 0.3) is 11.4 Å². The fourth-order valence-corrected chi connectivity index (χ4v) is 4.20. The highest BCUT2D eigenvalue weighted by Gasteiger charge is 2.29. The minimum atomic E-state index is -0.701. The van der Waals surface area contributed by atoms with E-state index >= 15 is 0 Å². The van der Waals surface area contributed by atoms with Crippen LogP contribution in [0.3, 0.4) is 0 Å². The van der Waals surface area contributed by atoms with Crippen LogP contribution in [-0.2, 0) is 4.84 Å². The van der Waals surface area contributed by atoms with Crippen molar-refractivity contribution in [2.24, 2.45) is 11.1 Å². The Labute approximate surface area is 205 Å². The average Bonchev–Trinajstić information content (AvgIpc) is 3.43. The molecular weight excluding hydrogens is 466 g/mol. The summed E-state index contributed by atoms with van der Waals surface area (Å²) >= 11 is 0. The molecule has 10 heteroatoms. The van der Waals surface area contributed by atoms with E-state index in [0.29, 0.717) is 11.1 Å². The van der Waals surface area contributed by atoms with Crippen LogP contribution in [0, 0.1) is 26.1 Å². The third-order valence-corrected chi connectivity index (χ3v) is 6.06. The SMILES string of the molecule is O=C(O/N=C(\C(=O)c1ccc(-c2ccc([N+](=O)[O-])cc2[N+](=O)[O-])cc1)C1CCCC1)c1ccccc1. The molecule has 4 rings (SSSR count). The molecule has 182 valence electrons. The smallest absolute Gasteiger partial charge is 0.312 e. The van der Waals surface area contributed by atoms with Crippen LogP contribution < -0.4 is 0 Å². The monoisotopic (exact) mass is 487 g/mol. The lowest BCUT2D eigenvalue weighted by atomic mass is 9.93. The molecule has 36 heavy (non-hydrogen) atoms. The predicted molar refractivity (Wildman–Crippen MR) is 131 cm³/mol. The Morgan fingerprint density at radius 1 is 0.833 bits per heavy atom. The van der Waals surface area contributed by atoms with Crippen molar-refractivity contribution in [3.8, 4) is 11.1 Å². The van der Waals surface area contributed by atoms with Crippen molar-refractivity contribution in [3.05, 3.63) is 104 Å². The highest BCUT2D eigenvalue weighted by Crippen LogP contribution is 2.34. The predicted octanol–water partition coefficient (Wildman–Crippen LogP) is 5.76. The summed E-state index contributed by atoms with van der Waals surface area (Å²) in [5.41, 5.74) is 0.558. The van der Waals surface area contributed by atoms with Crippen LogP contribution in [0.4, 0.5) is 11.4 Å². The minimum Gasteiger partial charge on any atom is -0.312 e. The van der Waals surface area contributed by atoms with Gasteiger partial charge in [0.05, 0.1) is 27.0 Å². The quantitative estimate of drug-likeness (QED) is 0.129. The first-order chi connectivity index (χ1) is 17.3. The first kappa shape index (κ1) is 24.4. The lowest BCUT2D eigenvalue weighted by molar-refractivity contribution is -0.393. The molecule has 0 saturated heterocycles. The zero-order valence-corrected chi connectivity index (χ0v) is 19.0. The maximum Gasteiger partial charge on any atom is 0.365 e. The molecule has 3 aromatic rings. The van der Waals surface area contributed by atoms with E-state index < -0.39 is 27.3 Å². The third-order valence-electron chi connectivity index (χ3n) is 6.06. The number of non-ortho nitro benzene ring substituents is 1. The van der Waals surface area contributed by atoms with Crippen molar-refractivity contribution in [1.29, 1.82) is 0 Å². The maximum absolute atomic E-state index is 13.3. The van der Waals surface area contributed by atoms with E-state index in [0.717, 1.165) is 31.7 Å². The van der Waals surface area contributed by atoms with Gasteiger partial charge in [0, 0.05) is 17.5 Å². The molecule has 0 bridgehead atoms. The van der Waals surface area contributed by atoms with E-state index in [2.05, 4.69) is 5.16 Å². The van der Waals surface area contributed by atoms with Crippen LogP contribution in [0.1, 0.15) is 46.4 Å². The Kier molecular flexibility index (Phi) is 7.24. The number of nitro groups is 2. The largest absolute Gasteiger partial charge is 0.365 e. The zero-order chi connectivity index (χ0) is 25.7. The van der Waals surface area contributed by atoms with Gasteiger partial charge in [-0.15, -0.1) is 0 Å². The number of hydrogen-bond donors (Lipinski definition) is 0. The normalized spacial score (nSPS) is 13.8. The molecule has 1 aliphatic rings. The number of ketones is 1. The highest BCUT2D eigenvalue weighted by atomic mass is 16.7. The molecule has 0 aliphatic heterocycles. The second-order valence-corrected chi connectivity index (χ2v) is 8.32. The molecule has 0 amide bonds. The second kappa shape index (κ2) is 10.7. The summed E-state index contributed by atoms with van der Waals surface area (Å²) in [7, 11) is 0. The number of nitro benzene ring substituents is 2. The first-order valence-corrected chi connectivity index (χ1v) is 11.3. The van der Waals surface area contributed by atoms with Gasteiger partial charge >= 0.3 is 5.97 Å². The molecule has 3 aromatic carbocycles. The van der Waals surface area contributed by atoms with Crippen LogP contribution in [0.25, 0.3) is 11.1 Å². The van der Waals surface area contributed by atoms with Crippen LogP contribution in [0.5, 0.6) is 0 Å². The van der Waals surface area contributed by atoms with Crippen molar-refractivity contribution in [3.63, 3.8) is 0 Å². The van der Waals surface area contributed by atoms with Gasteiger partial charge in [0.15, 0.2) is 0 Å². The maximum atomic E-state index is 13.3. The summed E-state index contributed by atoms with van der Waals surface area (Å²) in [6, 6.07) is 17.8. The summed E-state index contributed by atoms with van der Waals surface area (Å²) in [5, 5.41) is 26.4. The van der Waals surface area contributed by atoms with Gasteiger partial charge in [-0.3, -0.25) is 25.0 Å². The molecule has 0 unspecified atom stereocenters. The Hall–Kier alpha value is -4.73. The topological polar surface area (TPSA) is 142 Å². The number of nitrogens with zero attached hydrogens (tertiary/aromatic N) is 3. The van der Waals surface area contributed by atoms with E-state index in [1.54, 1.807) is 30.3 Å². The van der Waals surface area contributed by atoms with Crippen molar-refractivity contribution in [1.82, 2.24) is 0 Å². The number of hydrogen-bond acceptors (Lipinski definition) is 8. The fraction of sp³-hybridized carbons (Fsp3) is 0.192. The van der Waals surface area contributed by atoms with Gasteiger partial charge in [-0.05, 0) is 36.6 Å². The summed E-state index contributed by atoms with van der Waals surface area (Å²) in [6.45, 7) is 0. The number of Topliss-reactive ketones (excluding diaryl/α,β-unsaturated/α-hetero) is 1. The Balaban J connectivity index is 1.61. The van der Waals surface area contributed by atoms with Gasteiger partial charge in [0.1, 0.15) is 5.71 Å². The van der Waals surface area contributed by atoms with Crippen LogP contribution >= 0.6 is 0 Å². The van der Waals surface area contributed by atoms with Gasteiger partial charge in [-0.25, -0.2) is 4.79 Å². The molecule has 1 aliphatic carbocycles. The van der Waals surface area contributed by atoms with E-state index in [4.69, 9.17) is 4.84 Å². The van der Waals surface area contributed by atoms with E-state index in [-0.39, 0.29) is 28.4 Å².